The molecule has 0 atom stereocenters. The van der Waals surface area contributed by atoms with Crippen LogP contribution in [-0.4, -0.2) is 17.3 Å². The van der Waals surface area contributed by atoms with Gasteiger partial charge in [0.05, 0.1) is 11.3 Å². The average Bonchev–Trinajstić information content (AvgIpc) is 2.19. The van der Waals surface area contributed by atoms with Gasteiger partial charge < -0.3 is 10.4 Å². The zero-order valence-electron chi connectivity index (χ0n) is 9.57. The molecule has 0 aromatic heterocycles. The number of carbonyl (C=O) groups excluding carboxylic acids is 2. The fraction of sp³-hybridized carbons (Fsp3) is 0.333. The molecule has 0 fully saturated rings. The summed E-state index contributed by atoms with van der Waals surface area (Å²) >= 11 is 0. The molecule has 0 aliphatic rings. The van der Waals surface area contributed by atoms with Gasteiger partial charge in [-0.15, -0.1) is 0 Å². The Morgan fingerprint density at radius 2 is 2.00 bits per heavy atom. The molecule has 0 bridgehead atoms. The van der Waals surface area contributed by atoms with Crippen molar-refractivity contribution in [1.29, 1.82) is 0 Å². The summed E-state index contributed by atoms with van der Waals surface area (Å²) in [4.78, 5) is 22.3. The molecule has 4 nitrogen and oxygen atoms in total. The third kappa shape index (κ3) is 2.59. The van der Waals surface area contributed by atoms with Crippen LogP contribution in [0.15, 0.2) is 18.2 Å². The molecule has 1 aromatic carbocycles. The van der Waals surface area contributed by atoms with E-state index in [0.29, 0.717) is 6.29 Å². The molecule has 16 heavy (non-hydrogen) atoms. The van der Waals surface area contributed by atoms with Crippen molar-refractivity contribution in [3.63, 3.8) is 0 Å². The number of aromatic hydroxyl groups is 1. The normalized spacial score (nSPS) is 10.9. The maximum atomic E-state index is 11.7. The van der Waals surface area contributed by atoms with Crippen molar-refractivity contribution in [1.82, 2.24) is 0 Å². The van der Waals surface area contributed by atoms with Gasteiger partial charge in [0.2, 0.25) is 5.91 Å². The van der Waals surface area contributed by atoms with Gasteiger partial charge in [-0.1, -0.05) is 26.8 Å². The van der Waals surface area contributed by atoms with Crippen LogP contribution < -0.4 is 5.32 Å². The standard InChI is InChI=1S/C12H15NO3/c1-12(2,3)11(16)13-9-6-4-5-8(7-14)10(9)15/h4-7,15H,1-3H3,(H,13,16). The van der Waals surface area contributed by atoms with Gasteiger partial charge in [0, 0.05) is 5.41 Å². The lowest BCUT2D eigenvalue weighted by molar-refractivity contribution is -0.123. The highest BCUT2D eigenvalue weighted by Gasteiger charge is 2.22. The Morgan fingerprint density at radius 1 is 1.38 bits per heavy atom. The van der Waals surface area contributed by atoms with Crippen LogP contribution in [0.4, 0.5) is 5.69 Å². The van der Waals surface area contributed by atoms with Gasteiger partial charge in [0.1, 0.15) is 5.75 Å². The summed E-state index contributed by atoms with van der Waals surface area (Å²) in [5.41, 5.74) is -0.139. The number of aldehydes is 1. The first-order chi connectivity index (χ1) is 7.36. The summed E-state index contributed by atoms with van der Waals surface area (Å²) in [5, 5.41) is 12.2. The number of para-hydroxylation sites is 1. The maximum Gasteiger partial charge on any atom is 0.229 e. The fourth-order valence-electron chi connectivity index (χ4n) is 1.07. The number of benzene rings is 1. The molecule has 86 valence electrons. The van der Waals surface area contributed by atoms with Crippen molar-refractivity contribution in [2.24, 2.45) is 5.41 Å². The van der Waals surface area contributed by atoms with Crippen LogP contribution in [0.1, 0.15) is 31.1 Å². The van der Waals surface area contributed by atoms with E-state index in [-0.39, 0.29) is 22.9 Å². The zero-order chi connectivity index (χ0) is 12.3. The van der Waals surface area contributed by atoms with E-state index in [1.54, 1.807) is 32.9 Å². The number of hydrogen-bond acceptors (Lipinski definition) is 3. The van der Waals surface area contributed by atoms with Crippen molar-refractivity contribution in [3.05, 3.63) is 23.8 Å². The molecule has 2 N–H and O–H groups in total. The van der Waals surface area contributed by atoms with Crippen molar-refractivity contribution in [2.75, 3.05) is 5.32 Å². The summed E-state index contributed by atoms with van der Waals surface area (Å²) < 4.78 is 0. The number of hydrogen-bond donors (Lipinski definition) is 2. The molecule has 0 aliphatic carbocycles. The highest BCUT2D eigenvalue weighted by molar-refractivity contribution is 5.97. The molecule has 0 saturated carbocycles. The minimum atomic E-state index is -0.552. The first-order valence-corrected chi connectivity index (χ1v) is 4.95. The second-order valence-corrected chi connectivity index (χ2v) is 4.57. The topological polar surface area (TPSA) is 66.4 Å². The van der Waals surface area contributed by atoms with E-state index in [1.165, 1.54) is 6.07 Å². The predicted molar refractivity (Wildman–Crippen MR) is 61.6 cm³/mol. The van der Waals surface area contributed by atoms with Crippen LogP contribution in [0.5, 0.6) is 5.75 Å². The quantitative estimate of drug-likeness (QED) is 0.594. The Balaban J connectivity index is 2.99. The van der Waals surface area contributed by atoms with Crippen LogP contribution in [0, 0.1) is 5.41 Å². The molecule has 0 saturated heterocycles. The smallest absolute Gasteiger partial charge is 0.229 e. The molecule has 1 rings (SSSR count). The molecule has 0 spiro atoms. The number of amides is 1. The summed E-state index contributed by atoms with van der Waals surface area (Å²) in [6, 6.07) is 4.63. The number of phenols is 1. The van der Waals surface area contributed by atoms with Gasteiger partial charge >= 0.3 is 0 Å². The predicted octanol–water partition coefficient (Wildman–Crippen LogP) is 2.19. The number of anilines is 1. The molecular formula is C12H15NO3. The van der Waals surface area contributed by atoms with Crippen LogP contribution in [0.2, 0.25) is 0 Å². The number of rotatable bonds is 2. The molecule has 0 radical (unpaired) electrons. The molecule has 0 aliphatic heterocycles. The van der Waals surface area contributed by atoms with E-state index in [0.717, 1.165) is 0 Å². The van der Waals surface area contributed by atoms with Crippen molar-refractivity contribution in [2.45, 2.75) is 20.8 Å². The average molecular weight is 221 g/mol. The monoisotopic (exact) mass is 221 g/mol. The van der Waals surface area contributed by atoms with Crippen LogP contribution in [0.25, 0.3) is 0 Å². The summed E-state index contributed by atoms with van der Waals surface area (Å²) in [5.74, 6) is -0.416. The Morgan fingerprint density at radius 3 is 2.50 bits per heavy atom. The summed E-state index contributed by atoms with van der Waals surface area (Å²) in [7, 11) is 0. The van der Waals surface area contributed by atoms with Gasteiger partial charge in [-0.25, -0.2) is 0 Å². The SMILES string of the molecule is CC(C)(C)C(=O)Nc1cccc(C=O)c1O. The lowest BCUT2D eigenvalue weighted by atomic mass is 9.95. The second-order valence-electron chi connectivity index (χ2n) is 4.57. The largest absolute Gasteiger partial charge is 0.505 e. The molecule has 0 heterocycles. The van der Waals surface area contributed by atoms with Crippen LogP contribution in [-0.2, 0) is 4.79 Å². The first-order valence-electron chi connectivity index (χ1n) is 4.95. The van der Waals surface area contributed by atoms with E-state index in [2.05, 4.69) is 5.32 Å². The Bertz CT molecular complexity index is 419. The third-order valence-electron chi connectivity index (χ3n) is 2.12. The molecule has 4 heteroatoms. The second kappa shape index (κ2) is 4.35. The van der Waals surface area contributed by atoms with Gasteiger partial charge in [-0.05, 0) is 12.1 Å². The van der Waals surface area contributed by atoms with E-state index < -0.39 is 5.41 Å². The summed E-state index contributed by atoms with van der Waals surface area (Å²) in [6.45, 7) is 5.30. The Labute approximate surface area is 94.3 Å². The van der Waals surface area contributed by atoms with Crippen LogP contribution in [0.3, 0.4) is 0 Å². The van der Waals surface area contributed by atoms with E-state index >= 15 is 0 Å². The highest BCUT2D eigenvalue weighted by Crippen LogP contribution is 2.27. The summed E-state index contributed by atoms with van der Waals surface area (Å²) in [6.07, 6.45) is 0.544. The lowest BCUT2D eigenvalue weighted by Crippen LogP contribution is -2.27. The fourth-order valence-corrected chi connectivity index (χ4v) is 1.07. The number of nitrogens with one attached hydrogen (secondary N) is 1. The number of carbonyl (C=O) groups is 2. The maximum absolute atomic E-state index is 11.7. The Hall–Kier alpha value is -1.84. The van der Waals surface area contributed by atoms with Crippen molar-refractivity contribution in [3.8, 4) is 5.75 Å². The van der Waals surface area contributed by atoms with Crippen LogP contribution >= 0.6 is 0 Å². The number of phenolic OH excluding ortho intramolecular Hbond substituents is 1. The molecule has 0 unspecified atom stereocenters. The van der Waals surface area contributed by atoms with Gasteiger partial charge in [0.15, 0.2) is 6.29 Å². The molecule has 1 aromatic rings. The lowest BCUT2D eigenvalue weighted by Gasteiger charge is -2.18. The first kappa shape index (κ1) is 12.2. The van der Waals surface area contributed by atoms with Gasteiger partial charge in [-0.3, -0.25) is 9.59 Å². The molecular weight excluding hydrogens is 206 g/mol. The minimum absolute atomic E-state index is 0.159. The van der Waals surface area contributed by atoms with Crippen molar-refractivity contribution < 1.29 is 14.7 Å². The van der Waals surface area contributed by atoms with E-state index in [1.807, 2.05) is 0 Å². The van der Waals surface area contributed by atoms with Gasteiger partial charge in [0.25, 0.3) is 0 Å². The Kier molecular flexibility index (Phi) is 3.32. The molecule has 1 amide bonds. The van der Waals surface area contributed by atoms with E-state index in [4.69, 9.17) is 0 Å². The minimum Gasteiger partial charge on any atom is -0.505 e. The van der Waals surface area contributed by atoms with Crippen molar-refractivity contribution >= 4 is 17.9 Å². The zero-order valence-corrected chi connectivity index (χ0v) is 9.57. The highest BCUT2D eigenvalue weighted by atomic mass is 16.3. The van der Waals surface area contributed by atoms with Gasteiger partial charge in [-0.2, -0.15) is 0 Å². The third-order valence-corrected chi connectivity index (χ3v) is 2.12. The van der Waals surface area contributed by atoms with E-state index in [9.17, 15) is 14.7 Å².